The normalized spacial score (nSPS) is 23.1. The molecule has 0 aliphatic heterocycles. The van der Waals surface area contributed by atoms with Crippen molar-refractivity contribution in [2.75, 3.05) is 6.54 Å². The van der Waals surface area contributed by atoms with Crippen LogP contribution in [0.25, 0.3) is 0 Å². The number of benzene rings is 1. The third-order valence-electron chi connectivity index (χ3n) is 3.56. The Morgan fingerprint density at radius 3 is 3.00 bits per heavy atom. The van der Waals surface area contributed by atoms with Gasteiger partial charge < -0.3 is 5.32 Å². The van der Waals surface area contributed by atoms with Crippen LogP contribution >= 0.6 is 15.9 Å². The number of amides is 1. The predicted octanol–water partition coefficient (Wildman–Crippen LogP) is 3.44. The first kappa shape index (κ1) is 14.5. The molecule has 0 heterocycles. The van der Waals surface area contributed by atoms with Crippen molar-refractivity contribution in [3.05, 3.63) is 35.6 Å². The van der Waals surface area contributed by atoms with E-state index in [0.717, 1.165) is 18.5 Å². The average Bonchev–Trinajstić information content (AvgIpc) is 2.36. The molecule has 1 saturated carbocycles. The molecule has 0 aromatic heterocycles. The lowest BCUT2D eigenvalue weighted by molar-refractivity contribution is -0.120. The fourth-order valence-corrected chi connectivity index (χ4v) is 3.42. The summed E-state index contributed by atoms with van der Waals surface area (Å²) < 4.78 is 13.0. The fraction of sp³-hybridized carbons (Fsp3) is 0.533. The van der Waals surface area contributed by atoms with E-state index in [2.05, 4.69) is 21.2 Å². The Morgan fingerprint density at radius 1 is 1.42 bits per heavy atom. The summed E-state index contributed by atoms with van der Waals surface area (Å²) in [6, 6.07) is 6.21. The molecule has 2 unspecified atom stereocenters. The molecule has 1 amide bonds. The summed E-state index contributed by atoms with van der Waals surface area (Å²) in [6.45, 7) is 0.732. The van der Waals surface area contributed by atoms with Gasteiger partial charge in [0.15, 0.2) is 0 Å². The molecular weight excluding hydrogens is 309 g/mol. The first-order valence-corrected chi connectivity index (χ1v) is 7.70. The highest BCUT2D eigenvalue weighted by molar-refractivity contribution is 9.09. The van der Waals surface area contributed by atoms with Crippen molar-refractivity contribution in [3.63, 3.8) is 0 Å². The van der Waals surface area contributed by atoms with Gasteiger partial charge in [-0.3, -0.25) is 4.79 Å². The smallest absolute Gasteiger partial charge is 0.224 e. The Labute approximate surface area is 121 Å². The van der Waals surface area contributed by atoms with Gasteiger partial charge in [-0.1, -0.05) is 34.5 Å². The van der Waals surface area contributed by atoms with E-state index in [1.54, 1.807) is 12.1 Å². The van der Waals surface area contributed by atoms with Crippen molar-refractivity contribution in [2.24, 2.45) is 5.92 Å². The van der Waals surface area contributed by atoms with Gasteiger partial charge in [0, 0.05) is 11.4 Å². The Hall–Kier alpha value is -0.900. The standard InChI is InChI=1S/C15H19BrFNO/c16-13-5-1-4-12(7-13)10-18-15(19)9-11-3-2-6-14(17)8-11/h2-3,6,8,12-13H,1,4-5,7,9-10H2,(H,18,19). The molecule has 1 N–H and O–H groups in total. The number of carbonyl (C=O) groups excluding carboxylic acids is 1. The summed E-state index contributed by atoms with van der Waals surface area (Å²) in [5.41, 5.74) is 0.722. The number of rotatable bonds is 4. The summed E-state index contributed by atoms with van der Waals surface area (Å²) in [6.07, 6.45) is 5.01. The van der Waals surface area contributed by atoms with E-state index < -0.39 is 0 Å². The van der Waals surface area contributed by atoms with Crippen LogP contribution in [0.15, 0.2) is 24.3 Å². The number of carbonyl (C=O) groups is 1. The second-order valence-corrected chi connectivity index (χ2v) is 6.54. The maximum Gasteiger partial charge on any atom is 0.224 e. The second-order valence-electron chi connectivity index (χ2n) is 5.24. The lowest BCUT2D eigenvalue weighted by Gasteiger charge is -2.25. The first-order valence-electron chi connectivity index (χ1n) is 6.78. The van der Waals surface area contributed by atoms with Crippen molar-refractivity contribution in [1.29, 1.82) is 0 Å². The number of alkyl halides is 1. The Kier molecular flexibility index (Phi) is 5.37. The van der Waals surface area contributed by atoms with E-state index in [-0.39, 0.29) is 18.1 Å². The Morgan fingerprint density at radius 2 is 2.26 bits per heavy atom. The molecule has 1 aliphatic rings. The maximum atomic E-state index is 13.0. The number of nitrogens with one attached hydrogen (secondary N) is 1. The molecule has 1 aromatic carbocycles. The predicted molar refractivity (Wildman–Crippen MR) is 77.8 cm³/mol. The summed E-state index contributed by atoms with van der Waals surface area (Å²) >= 11 is 3.64. The van der Waals surface area contributed by atoms with E-state index in [9.17, 15) is 9.18 Å². The van der Waals surface area contributed by atoms with Gasteiger partial charge in [0.1, 0.15) is 5.82 Å². The topological polar surface area (TPSA) is 29.1 Å². The molecule has 4 heteroatoms. The molecule has 104 valence electrons. The second kappa shape index (κ2) is 7.04. The van der Waals surface area contributed by atoms with E-state index in [1.807, 2.05) is 0 Å². The minimum Gasteiger partial charge on any atom is -0.356 e. The lowest BCUT2D eigenvalue weighted by Crippen LogP contribution is -2.32. The molecule has 2 atom stereocenters. The molecule has 0 radical (unpaired) electrons. The molecule has 1 aromatic rings. The maximum absolute atomic E-state index is 13.0. The molecule has 2 nitrogen and oxygen atoms in total. The first-order chi connectivity index (χ1) is 9.13. The summed E-state index contributed by atoms with van der Waals surface area (Å²) in [4.78, 5) is 12.4. The van der Waals surface area contributed by atoms with Crippen LogP contribution in [0.2, 0.25) is 0 Å². The van der Waals surface area contributed by atoms with E-state index >= 15 is 0 Å². The molecule has 0 spiro atoms. The summed E-state index contributed by atoms with van der Waals surface area (Å²) in [7, 11) is 0. The third kappa shape index (κ3) is 4.94. The van der Waals surface area contributed by atoms with Crippen LogP contribution < -0.4 is 5.32 Å². The highest BCUT2D eigenvalue weighted by atomic mass is 79.9. The minimum atomic E-state index is -0.292. The van der Waals surface area contributed by atoms with Gasteiger partial charge in [-0.2, -0.15) is 0 Å². The highest BCUT2D eigenvalue weighted by Gasteiger charge is 2.20. The molecule has 1 aliphatic carbocycles. The molecular formula is C15H19BrFNO. The Bertz CT molecular complexity index is 438. The molecule has 2 rings (SSSR count). The fourth-order valence-electron chi connectivity index (χ4n) is 2.56. The van der Waals surface area contributed by atoms with Crippen LogP contribution in [-0.4, -0.2) is 17.3 Å². The van der Waals surface area contributed by atoms with Crippen molar-refractivity contribution >= 4 is 21.8 Å². The van der Waals surface area contributed by atoms with Gasteiger partial charge in [0.2, 0.25) is 5.91 Å². The quantitative estimate of drug-likeness (QED) is 0.843. The van der Waals surface area contributed by atoms with Gasteiger partial charge in [0.25, 0.3) is 0 Å². The average molecular weight is 328 g/mol. The van der Waals surface area contributed by atoms with Gasteiger partial charge in [0.05, 0.1) is 6.42 Å². The van der Waals surface area contributed by atoms with Crippen molar-refractivity contribution in [1.82, 2.24) is 5.32 Å². The van der Waals surface area contributed by atoms with Crippen molar-refractivity contribution in [3.8, 4) is 0 Å². The van der Waals surface area contributed by atoms with E-state index in [0.29, 0.717) is 10.7 Å². The highest BCUT2D eigenvalue weighted by Crippen LogP contribution is 2.28. The zero-order chi connectivity index (χ0) is 13.7. The molecule has 19 heavy (non-hydrogen) atoms. The largest absolute Gasteiger partial charge is 0.356 e. The molecule has 1 fully saturated rings. The number of hydrogen-bond donors (Lipinski definition) is 1. The minimum absolute atomic E-state index is 0.0257. The van der Waals surface area contributed by atoms with Crippen molar-refractivity contribution in [2.45, 2.75) is 36.9 Å². The van der Waals surface area contributed by atoms with Crippen LogP contribution in [0.4, 0.5) is 4.39 Å². The summed E-state index contributed by atoms with van der Waals surface area (Å²) in [5, 5.41) is 2.96. The van der Waals surface area contributed by atoms with Crippen molar-refractivity contribution < 1.29 is 9.18 Å². The van der Waals surface area contributed by atoms with Crippen LogP contribution in [-0.2, 0) is 11.2 Å². The Balaban J connectivity index is 1.75. The zero-order valence-electron chi connectivity index (χ0n) is 10.9. The molecule has 0 bridgehead atoms. The van der Waals surface area contributed by atoms with Gasteiger partial charge in [-0.05, 0) is 42.9 Å². The van der Waals surface area contributed by atoms with E-state index in [4.69, 9.17) is 0 Å². The SMILES string of the molecule is O=C(Cc1cccc(F)c1)NCC1CCCC(Br)C1. The molecule has 0 saturated heterocycles. The van der Waals surface area contributed by atoms with Crippen LogP contribution in [0.5, 0.6) is 0 Å². The van der Waals surface area contributed by atoms with Crippen LogP contribution in [0.1, 0.15) is 31.2 Å². The van der Waals surface area contributed by atoms with Gasteiger partial charge >= 0.3 is 0 Å². The van der Waals surface area contributed by atoms with Gasteiger partial charge in [-0.15, -0.1) is 0 Å². The van der Waals surface area contributed by atoms with E-state index in [1.165, 1.54) is 31.4 Å². The lowest BCUT2D eigenvalue weighted by atomic mass is 9.89. The number of halogens is 2. The third-order valence-corrected chi connectivity index (χ3v) is 4.39. The van der Waals surface area contributed by atoms with Crippen LogP contribution in [0.3, 0.4) is 0 Å². The summed E-state index contributed by atoms with van der Waals surface area (Å²) in [5.74, 6) is 0.247. The van der Waals surface area contributed by atoms with Gasteiger partial charge in [-0.25, -0.2) is 4.39 Å². The number of hydrogen-bond acceptors (Lipinski definition) is 1. The zero-order valence-corrected chi connectivity index (χ0v) is 12.5. The monoisotopic (exact) mass is 327 g/mol. The van der Waals surface area contributed by atoms with Crippen LogP contribution in [0, 0.1) is 11.7 Å².